The summed E-state index contributed by atoms with van der Waals surface area (Å²) in [6.45, 7) is 5.24. The third-order valence-corrected chi connectivity index (χ3v) is 3.30. The minimum Gasteiger partial charge on any atom is -0.383 e. The first-order valence-electron chi connectivity index (χ1n) is 6.19. The maximum atomic E-state index is 11.9. The lowest BCUT2D eigenvalue weighted by atomic mass is 10.1. The van der Waals surface area contributed by atoms with Crippen LogP contribution in [0.2, 0.25) is 0 Å². The Bertz CT molecular complexity index is 413. The summed E-state index contributed by atoms with van der Waals surface area (Å²) >= 11 is 0. The Morgan fingerprint density at radius 1 is 1.44 bits per heavy atom. The molecule has 0 spiro atoms. The fourth-order valence-corrected chi connectivity index (χ4v) is 1.95. The highest BCUT2D eigenvalue weighted by Crippen LogP contribution is 2.14. The zero-order chi connectivity index (χ0) is 13.7. The highest BCUT2D eigenvalue weighted by molar-refractivity contribution is 5.76. The monoisotopic (exact) mass is 253 g/mol. The highest BCUT2D eigenvalue weighted by Gasteiger charge is 2.13. The number of carbonyl (C=O) groups excluding carboxylic acids is 1. The van der Waals surface area contributed by atoms with Gasteiger partial charge in [0.05, 0.1) is 12.3 Å². The largest absolute Gasteiger partial charge is 0.383 e. The van der Waals surface area contributed by atoms with Crippen molar-refractivity contribution >= 4 is 5.91 Å². The molecule has 1 aromatic heterocycles. The van der Waals surface area contributed by atoms with Gasteiger partial charge in [-0.25, -0.2) is 0 Å². The Morgan fingerprint density at radius 3 is 2.61 bits per heavy atom. The lowest BCUT2D eigenvalue weighted by molar-refractivity contribution is -0.130. The zero-order valence-electron chi connectivity index (χ0n) is 12.0. The summed E-state index contributed by atoms with van der Waals surface area (Å²) < 4.78 is 6.82. The van der Waals surface area contributed by atoms with E-state index in [4.69, 9.17) is 4.74 Å². The maximum Gasteiger partial charge on any atom is 0.222 e. The molecule has 0 bridgehead atoms. The molecule has 0 unspecified atom stereocenters. The number of rotatable bonds is 6. The Hall–Kier alpha value is -1.36. The third kappa shape index (κ3) is 3.57. The van der Waals surface area contributed by atoms with Gasteiger partial charge in [0.25, 0.3) is 0 Å². The maximum absolute atomic E-state index is 11.9. The van der Waals surface area contributed by atoms with Gasteiger partial charge in [-0.2, -0.15) is 5.10 Å². The molecule has 0 aliphatic heterocycles. The van der Waals surface area contributed by atoms with Gasteiger partial charge in [-0.1, -0.05) is 0 Å². The summed E-state index contributed by atoms with van der Waals surface area (Å²) in [5, 5.41) is 4.35. The second-order valence-corrected chi connectivity index (χ2v) is 4.58. The number of likely N-dealkylation sites (N-methyl/N-ethyl adjacent to an activating group) is 1. The summed E-state index contributed by atoms with van der Waals surface area (Å²) in [5.41, 5.74) is 3.34. The van der Waals surface area contributed by atoms with Crippen LogP contribution in [0.4, 0.5) is 0 Å². The van der Waals surface area contributed by atoms with Crippen LogP contribution in [0, 0.1) is 13.8 Å². The van der Waals surface area contributed by atoms with E-state index >= 15 is 0 Å². The van der Waals surface area contributed by atoms with E-state index in [1.54, 1.807) is 12.0 Å². The molecule has 18 heavy (non-hydrogen) atoms. The first-order chi connectivity index (χ1) is 8.47. The van der Waals surface area contributed by atoms with Crippen LogP contribution < -0.4 is 0 Å². The van der Waals surface area contributed by atoms with Crippen LogP contribution in [0.25, 0.3) is 0 Å². The minimum atomic E-state index is 0.148. The van der Waals surface area contributed by atoms with Crippen molar-refractivity contribution in [3.05, 3.63) is 17.0 Å². The van der Waals surface area contributed by atoms with Gasteiger partial charge in [0.2, 0.25) is 5.91 Å². The normalized spacial score (nSPS) is 10.7. The van der Waals surface area contributed by atoms with E-state index in [1.165, 1.54) is 5.56 Å². The molecule has 1 heterocycles. The molecule has 1 rings (SSSR count). The highest BCUT2D eigenvalue weighted by atomic mass is 16.5. The third-order valence-electron chi connectivity index (χ3n) is 3.30. The van der Waals surface area contributed by atoms with E-state index in [2.05, 4.69) is 5.10 Å². The molecule has 5 heteroatoms. The standard InChI is InChI=1S/C13H23N3O2/c1-10-12(11(2)16(4)14-10)6-7-13(17)15(3)8-9-18-5/h6-9H2,1-5H3. The van der Waals surface area contributed by atoms with Crippen molar-refractivity contribution in [2.75, 3.05) is 27.3 Å². The van der Waals surface area contributed by atoms with Gasteiger partial charge in [0.15, 0.2) is 0 Å². The average molecular weight is 253 g/mol. The van der Waals surface area contributed by atoms with E-state index in [-0.39, 0.29) is 5.91 Å². The molecule has 1 aromatic rings. The number of hydrogen-bond donors (Lipinski definition) is 0. The SMILES string of the molecule is COCCN(C)C(=O)CCc1c(C)nn(C)c1C. The second kappa shape index (κ2) is 6.54. The van der Waals surface area contributed by atoms with Crippen LogP contribution in [-0.2, 0) is 23.0 Å². The van der Waals surface area contributed by atoms with Crippen LogP contribution in [0.3, 0.4) is 0 Å². The van der Waals surface area contributed by atoms with Crippen molar-refractivity contribution in [2.45, 2.75) is 26.7 Å². The van der Waals surface area contributed by atoms with Gasteiger partial charge < -0.3 is 9.64 Å². The van der Waals surface area contributed by atoms with Crippen molar-refractivity contribution in [1.82, 2.24) is 14.7 Å². The molecule has 0 aromatic carbocycles. The molecule has 102 valence electrons. The number of nitrogens with zero attached hydrogens (tertiary/aromatic N) is 3. The number of aryl methyl sites for hydroxylation is 2. The summed E-state index contributed by atoms with van der Waals surface area (Å²) in [6.07, 6.45) is 1.27. The quantitative estimate of drug-likeness (QED) is 0.762. The number of carbonyl (C=O) groups is 1. The van der Waals surface area contributed by atoms with Gasteiger partial charge in [-0.05, 0) is 25.8 Å². The molecule has 0 saturated carbocycles. The van der Waals surface area contributed by atoms with Gasteiger partial charge in [0, 0.05) is 39.9 Å². The smallest absolute Gasteiger partial charge is 0.222 e. The predicted octanol–water partition coefficient (Wildman–Crippen LogP) is 1.07. The number of ether oxygens (including phenoxy) is 1. The summed E-state index contributed by atoms with van der Waals surface area (Å²) in [6, 6.07) is 0. The molecule has 0 aliphatic carbocycles. The van der Waals surface area contributed by atoms with Crippen LogP contribution in [-0.4, -0.2) is 47.9 Å². The predicted molar refractivity (Wildman–Crippen MR) is 70.5 cm³/mol. The van der Waals surface area contributed by atoms with Crippen LogP contribution in [0.15, 0.2) is 0 Å². The van der Waals surface area contributed by atoms with E-state index in [0.717, 1.165) is 17.8 Å². The van der Waals surface area contributed by atoms with E-state index in [1.807, 2.05) is 32.6 Å². The summed E-state index contributed by atoms with van der Waals surface area (Å²) in [5.74, 6) is 0.148. The van der Waals surface area contributed by atoms with Crippen LogP contribution >= 0.6 is 0 Å². The van der Waals surface area contributed by atoms with Crippen molar-refractivity contribution in [3.63, 3.8) is 0 Å². The van der Waals surface area contributed by atoms with Crippen molar-refractivity contribution in [1.29, 1.82) is 0 Å². The number of methoxy groups -OCH3 is 1. The molecule has 0 N–H and O–H groups in total. The van der Waals surface area contributed by atoms with Gasteiger partial charge in [0.1, 0.15) is 0 Å². The van der Waals surface area contributed by atoms with Crippen molar-refractivity contribution in [3.8, 4) is 0 Å². The number of hydrogen-bond acceptors (Lipinski definition) is 3. The van der Waals surface area contributed by atoms with Crippen molar-refractivity contribution in [2.24, 2.45) is 7.05 Å². The number of amides is 1. The van der Waals surface area contributed by atoms with Gasteiger partial charge >= 0.3 is 0 Å². The summed E-state index contributed by atoms with van der Waals surface area (Å²) in [4.78, 5) is 13.6. The molecular weight excluding hydrogens is 230 g/mol. The lowest BCUT2D eigenvalue weighted by Crippen LogP contribution is -2.30. The minimum absolute atomic E-state index is 0.148. The molecule has 0 aliphatic rings. The van der Waals surface area contributed by atoms with Gasteiger partial charge in [-0.15, -0.1) is 0 Å². The van der Waals surface area contributed by atoms with Crippen LogP contribution in [0.1, 0.15) is 23.4 Å². The first kappa shape index (κ1) is 14.7. The molecule has 0 atom stereocenters. The topological polar surface area (TPSA) is 47.4 Å². The molecule has 5 nitrogen and oxygen atoms in total. The number of aromatic nitrogens is 2. The average Bonchev–Trinajstić information content (AvgIpc) is 2.58. The summed E-state index contributed by atoms with van der Waals surface area (Å²) in [7, 11) is 5.38. The van der Waals surface area contributed by atoms with Crippen molar-refractivity contribution < 1.29 is 9.53 Å². The fraction of sp³-hybridized carbons (Fsp3) is 0.692. The van der Waals surface area contributed by atoms with Gasteiger partial charge in [-0.3, -0.25) is 9.48 Å². The van der Waals surface area contributed by atoms with E-state index < -0.39 is 0 Å². The molecule has 0 saturated heterocycles. The van der Waals surface area contributed by atoms with Crippen LogP contribution in [0.5, 0.6) is 0 Å². The van der Waals surface area contributed by atoms with E-state index in [9.17, 15) is 4.79 Å². The second-order valence-electron chi connectivity index (χ2n) is 4.58. The Labute approximate surface area is 109 Å². The Morgan fingerprint density at radius 2 is 2.11 bits per heavy atom. The molecule has 1 amide bonds. The Kier molecular flexibility index (Phi) is 5.34. The Balaban J connectivity index is 2.52. The molecule has 0 radical (unpaired) electrons. The fourth-order valence-electron chi connectivity index (χ4n) is 1.95. The molecule has 0 fully saturated rings. The first-order valence-corrected chi connectivity index (χ1v) is 6.19. The molecular formula is C13H23N3O2. The lowest BCUT2D eigenvalue weighted by Gasteiger charge is -2.16. The van der Waals surface area contributed by atoms with E-state index in [0.29, 0.717) is 19.6 Å². The zero-order valence-corrected chi connectivity index (χ0v) is 12.0.